The van der Waals surface area contributed by atoms with Gasteiger partial charge >= 0.3 is 11.8 Å². The van der Waals surface area contributed by atoms with Crippen molar-refractivity contribution in [3.05, 3.63) is 64.5 Å². The third-order valence-electron chi connectivity index (χ3n) is 5.57. The summed E-state index contributed by atoms with van der Waals surface area (Å²) in [5, 5.41) is 5.60. The first-order valence-electron chi connectivity index (χ1n) is 9.78. The maximum absolute atomic E-state index is 14.1. The number of aryl methyl sites for hydroxylation is 1. The standard InChI is InChI=1S/C23H27FN2O2/c1-13(2)16-8-5-7-14(3)20(16)25-22(27)23(28)26-21-15(4)11-12-17-18(21)9-6-10-19(17)24/h5-10,13,15,21H,11-12H2,1-4H3,(H,25,27)(H,26,28)/t15-,21-/m0/s1. The van der Waals surface area contributed by atoms with E-state index >= 15 is 0 Å². The average molecular weight is 382 g/mol. The highest BCUT2D eigenvalue weighted by Crippen LogP contribution is 2.35. The smallest absolute Gasteiger partial charge is 0.313 e. The molecule has 28 heavy (non-hydrogen) atoms. The second-order valence-corrected chi connectivity index (χ2v) is 7.92. The van der Waals surface area contributed by atoms with Crippen LogP contribution in [-0.4, -0.2) is 11.8 Å². The number of nitrogens with one attached hydrogen (secondary N) is 2. The van der Waals surface area contributed by atoms with Crippen molar-refractivity contribution in [1.82, 2.24) is 5.32 Å². The first kappa shape index (κ1) is 20.1. The molecular formula is C23H27FN2O2. The summed E-state index contributed by atoms with van der Waals surface area (Å²) in [5.74, 6) is -1.32. The highest BCUT2D eigenvalue weighted by atomic mass is 19.1. The van der Waals surface area contributed by atoms with Crippen molar-refractivity contribution in [2.75, 3.05) is 5.32 Å². The Bertz CT molecular complexity index is 907. The zero-order chi connectivity index (χ0) is 20.4. The highest BCUT2D eigenvalue weighted by molar-refractivity contribution is 6.39. The summed E-state index contributed by atoms with van der Waals surface area (Å²) in [7, 11) is 0. The molecule has 0 fully saturated rings. The van der Waals surface area contributed by atoms with Gasteiger partial charge in [0, 0.05) is 5.69 Å². The SMILES string of the molecule is Cc1cccc(C(C)C)c1NC(=O)C(=O)N[C@@H]1c2cccc(F)c2CC[C@@H]1C. The van der Waals surface area contributed by atoms with Gasteiger partial charge in [-0.05, 0) is 59.9 Å². The molecule has 1 aliphatic carbocycles. The largest absolute Gasteiger partial charge is 0.341 e. The maximum Gasteiger partial charge on any atom is 0.313 e. The quantitative estimate of drug-likeness (QED) is 0.760. The highest BCUT2D eigenvalue weighted by Gasteiger charge is 2.31. The van der Waals surface area contributed by atoms with E-state index in [4.69, 9.17) is 0 Å². The Morgan fingerprint density at radius 1 is 1.11 bits per heavy atom. The van der Waals surface area contributed by atoms with Crippen molar-refractivity contribution in [2.45, 2.75) is 52.5 Å². The van der Waals surface area contributed by atoms with Crippen LogP contribution >= 0.6 is 0 Å². The van der Waals surface area contributed by atoms with E-state index in [-0.39, 0.29) is 23.7 Å². The van der Waals surface area contributed by atoms with Gasteiger partial charge < -0.3 is 10.6 Å². The van der Waals surface area contributed by atoms with E-state index in [0.717, 1.165) is 23.1 Å². The van der Waals surface area contributed by atoms with E-state index in [1.807, 2.05) is 52.0 Å². The van der Waals surface area contributed by atoms with Crippen LogP contribution in [0.3, 0.4) is 0 Å². The van der Waals surface area contributed by atoms with Crippen LogP contribution in [-0.2, 0) is 16.0 Å². The van der Waals surface area contributed by atoms with Crippen molar-refractivity contribution in [3.63, 3.8) is 0 Å². The third-order valence-corrected chi connectivity index (χ3v) is 5.57. The number of fused-ring (bicyclic) bond motifs is 1. The van der Waals surface area contributed by atoms with Gasteiger partial charge in [0.05, 0.1) is 6.04 Å². The Morgan fingerprint density at radius 3 is 2.54 bits per heavy atom. The average Bonchev–Trinajstić information content (AvgIpc) is 2.65. The fraction of sp³-hybridized carbons (Fsp3) is 0.391. The predicted molar refractivity (Wildman–Crippen MR) is 109 cm³/mol. The Hall–Kier alpha value is -2.69. The molecule has 2 N–H and O–H groups in total. The number of halogens is 1. The van der Waals surface area contributed by atoms with Crippen molar-refractivity contribution in [2.24, 2.45) is 5.92 Å². The van der Waals surface area contributed by atoms with Crippen molar-refractivity contribution < 1.29 is 14.0 Å². The molecule has 2 aromatic rings. The van der Waals surface area contributed by atoms with Crippen LogP contribution in [0.5, 0.6) is 0 Å². The van der Waals surface area contributed by atoms with Crippen molar-refractivity contribution in [3.8, 4) is 0 Å². The Balaban J connectivity index is 1.80. The normalized spacial score (nSPS) is 18.5. The Labute approximate surface area is 165 Å². The van der Waals surface area contributed by atoms with Crippen molar-refractivity contribution in [1.29, 1.82) is 0 Å². The molecule has 0 bridgehead atoms. The van der Waals surface area contributed by atoms with Gasteiger partial charge in [-0.3, -0.25) is 9.59 Å². The summed E-state index contributed by atoms with van der Waals surface area (Å²) in [6, 6.07) is 10.3. The van der Waals surface area contributed by atoms with Crippen LogP contribution in [0.25, 0.3) is 0 Å². The lowest BCUT2D eigenvalue weighted by atomic mass is 9.80. The van der Waals surface area contributed by atoms with Gasteiger partial charge in [0.1, 0.15) is 5.82 Å². The minimum Gasteiger partial charge on any atom is -0.341 e. The molecule has 0 saturated carbocycles. The Kier molecular flexibility index (Phi) is 5.82. The molecule has 0 unspecified atom stereocenters. The molecule has 0 aliphatic heterocycles. The number of amides is 2. The van der Waals surface area contributed by atoms with E-state index in [1.165, 1.54) is 6.07 Å². The summed E-state index contributed by atoms with van der Waals surface area (Å²) in [6.45, 7) is 8.00. The van der Waals surface area contributed by atoms with Gasteiger partial charge in [-0.25, -0.2) is 4.39 Å². The predicted octanol–water partition coefficient (Wildman–Crippen LogP) is 4.64. The second kappa shape index (κ2) is 8.13. The molecule has 4 nitrogen and oxygen atoms in total. The van der Waals surface area contributed by atoms with E-state index < -0.39 is 11.8 Å². The number of carbonyl (C=O) groups excluding carboxylic acids is 2. The molecule has 2 aromatic carbocycles. The lowest BCUT2D eigenvalue weighted by Gasteiger charge is -2.32. The molecule has 0 radical (unpaired) electrons. The first-order valence-corrected chi connectivity index (χ1v) is 9.78. The number of anilines is 1. The molecule has 0 aromatic heterocycles. The molecule has 2 amide bonds. The van der Waals surface area contributed by atoms with Crippen LogP contribution in [0.15, 0.2) is 36.4 Å². The molecule has 0 saturated heterocycles. The fourth-order valence-corrected chi connectivity index (χ4v) is 3.92. The Morgan fingerprint density at radius 2 is 1.82 bits per heavy atom. The summed E-state index contributed by atoms with van der Waals surface area (Å²) in [5.41, 5.74) is 3.97. The van der Waals surface area contributed by atoms with Crippen LogP contribution in [0.4, 0.5) is 10.1 Å². The van der Waals surface area contributed by atoms with Crippen LogP contribution in [0.1, 0.15) is 61.4 Å². The third kappa shape index (κ3) is 3.93. The van der Waals surface area contributed by atoms with Crippen LogP contribution in [0.2, 0.25) is 0 Å². The van der Waals surface area contributed by atoms with Crippen molar-refractivity contribution >= 4 is 17.5 Å². The zero-order valence-electron chi connectivity index (χ0n) is 16.8. The number of benzene rings is 2. The molecule has 5 heteroatoms. The summed E-state index contributed by atoms with van der Waals surface area (Å²) in [4.78, 5) is 25.2. The maximum atomic E-state index is 14.1. The van der Waals surface area contributed by atoms with Gasteiger partial charge in [0.2, 0.25) is 0 Å². The molecule has 0 spiro atoms. The zero-order valence-corrected chi connectivity index (χ0v) is 16.8. The minimum absolute atomic E-state index is 0.121. The van der Waals surface area contributed by atoms with Crippen LogP contribution in [0, 0.1) is 18.7 Å². The summed E-state index contributed by atoms with van der Waals surface area (Å²) in [6.07, 6.45) is 1.40. The molecular weight excluding hydrogens is 355 g/mol. The molecule has 2 atom stereocenters. The lowest BCUT2D eigenvalue weighted by molar-refractivity contribution is -0.136. The molecule has 1 aliphatic rings. The van der Waals surface area contributed by atoms with E-state index in [1.54, 1.807) is 6.07 Å². The molecule has 0 heterocycles. The van der Waals surface area contributed by atoms with Gasteiger partial charge in [-0.15, -0.1) is 0 Å². The van der Waals surface area contributed by atoms with Gasteiger partial charge in [-0.1, -0.05) is 51.1 Å². The van der Waals surface area contributed by atoms with Crippen LogP contribution < -0.4 is 10.6 Å². The fourth-order valence-electron chi connectivity index (χ4n) is 3.92. The number of hydrogen-bond donors (Lipinski definition) is 2. The number of hydrogen-bond acceptors (Lipinski definition) is 2. The van der Waals surface area contributed by atoms with E-state index in [9.17, 15) is 14.0 Å². The van der Waals surface area contributed by atoms with Gasteiger partial charge in [0.15, 0.2) is 0 Å². The minimum atomic E-state index is -0.702. The van der Waals surface area contributed by atoms with E-state index in [2.05, 4.69) is 10.6 Å². The summed E-state index contributed by atoms with van der Waals surface area (Å²) < 4.78 is 14.1. The molecule has 148 valence electrons. The van der Waals surface area contributed by atoms with E-state index in [0.29, 0.717) is 17.7 Å². The lowest BCUT2D eigenvalue weighted by Crippen LogP contribution is -2.41. The first-order chi connectivity index (χ1) is 13.3. The summed E-state index contributed by atoms with van der Waals surface area (Å²) >= 11 is 0. The number of carbonyl (C=O) groups is 2. The number of para-hydroxylation sites is 1. The second-order valence-electron chi connectivity index (χ2n) is 7.92. The number of rotatable bonds is 3. The monoisotopic (exact) mass is 382 g/mol. The van der Waals surface area contributed by atoms with Gasteiger partial charge in [-0.2, -0.15) is 0 Å². The topological polar surface area (TPSA) is 58.2 Å². The van der Waals surface area contributed by atoms with Gasteiger partial charge in [0.25, 0.3) is 0 Å². The molecule has 3 rings (SSSR count).